The number of aromatic hydroxyl groups is 1. The van der Waals surface area contributed by atoms with Crippen LogP contribution in [0.15, 0.2) is 53.5 Å². The second-order valence-corrected chi connectivity index (χ2v) is 5.71. The fourth-order valence-electron chi connectivity index (χ4n) is 2.94. The first-order chi connectivity index (χ1) is 11.6. The van der Waals surface area contributed by atoms with E-state index in [1.807, 2.05) is 31.2 Å². The van der Waals surface area contributed by atoms with Crippen LogP contribution in [0.4, 0.5) is 11.4 Å². The van der Waals surface area contributed by atoms with Crippen molar-refractivity contribution < 1.29 is 14.6 Å². The van der Waals surface area contributed by atoms with Crippen LogP contribution in [0, 0.1) is 5.92 Å². The van der Waals surface area contributed by atoms with E-state index in [9.17, 15) is 9.90 Å². The number of aliphatic imine (C=N–C) groups is 1. The summed E-state index contributed by atoms with van der Waals surface area (Å²) < 4.78 is 5.27. The lowest BCUT2D eigenvalue weighted by atomic mass is 9.89. The average Bonchev–Trinajstić information content (AvgIpc) is 2.71. The van der Waals surface area contributed by atoms with E-state index in [1.165, 1.54) is 0 Å². The molecular weight excluding hydrogens is 304 g/mol. The third-order valence-corrected chi connectivity index (χ3v) is 4.09. The summed E-state index contributed by atoms with van der Waals surface area (Å²) >= 11 is 0. The Bertz CT molecular complexity index is 768. The number of hydrogen-bond donors (Lipinski definition) is 2. The number of hydrogen-bond acceptors (Lipinski definition) is 5. The summed E-state index contributed by atoms with van der Waals surface area (Å²) in [7, 11) is 0. The highest BCUT2D eigenvalue weighted by Gasteiger charge is 2.35. The monoisotopic (exact) mass is 324 g/mol. The molecule has 0 aromatic heterocycles. The van der Waals surface area contributed by atoms with Crippen molar-refractivity contribution in [3.05, 3.63) is 54.1 Å². The summed E-state index contributed by atoms with van der Waals surface area (Å²) in [5.74, 6) is -0.662. The second-order valence-electron chi connectivity index (χ2n) is 5.71. The number of esters is 1. The van der Waals surface area contributed by atoms with E-state index in [1.54, 1.807) is 31.2 Å². The van der Waals surface area contributed by atoms with Gasteiger partial charge in [0.05, 0.1) is 24.0 Å². The topological polar surface area (TPSA) is 70.9 Å². The van der Waals surface area contributed by atoms with Crippen LogP contribution in [-0.4, -0.2) is 23.4 Å². The molecule has 124 valence electrons. The zero-order valence-corrected chi connectivity index (χ0v) is 13.7. The summed E-state index contributed by atoms with van der Waals surface area (Å²) in [6.07, 6.45) is 0. The fourth-order valence-corrected chi connectivity index (χ4v) is 2.94. The SMILES string of the molecule is CCOC(=O)C1C(C)=Nc2ccccc2NC1c1ccc(O)cc1. The van der Waals surface area contributed by atoms with E-state index >= 15 is 0 Å². The molecule has 2 aromatic carbocycles. The van der Waals surface area contributed by atoms with Gasteiger partial charge in [0, 0.05) is 5.71 Å². The molecule has 1 aliphatic heterocycles. The summed E-state index contributed by atoms with van der Waals surface area (Å²) in [4.78, 5) is 17.2. The van der Waals surface area contributed by atoms with Gasteiger partial charge in [-0.15, -0.1) is 0 Å². The molecule has 3 rings (SSSR count). The van der Waals surface area contributed by atoms with Gasteiger partial charge in [-0.05, 0) is 43.7 Å². The molecular formula is C19H20N2O3. The van der Waals surface area contributed by atoms with Crippen molar-refractivity contribution in [2.45, 2.75) is 19.9 Å². The van der Waals surface area contributed by atoms with Gasteiger partial charge in [-0.25, -0.2) is 0 Å². The van der Waals surface area contributed by atoms with Crippen molar-refractivity contribution in [2.24, 2.45) is 10.9 Å². The van der Waals surface area contributed by atoms with Crippen LogP contribution in [-0.2, 0) is 9.53 Å². The van der Waals surface area contributed by atoms with Crippen molar-refractivity contribution in [1.29, 1.82) is 0 Å². The van der Waals surface area contributed by atoms with Gasteiger partial charge in [-0.2, -0.15) is 0 Å². The average molecular weight is 324 g/mol. The van der Waals surface area contributed by atoms with E-state index in [4.69, 9.17) is 4.74 Å². The van der Waals surface area contributed by atoms with Gasteiger partial charge in [0.1, 0.15) is 11.7 Å². The van der Waals surface area contributed by atoms with Gasteiger partial charge < -0.3 is 15.2 Å². The van der Waals surface area contributed by atoms with E-state index in [-0.39, 0.29) is 17.8 Å². The smallest absolute Gasteiger partial charge is 0.317 e. The minimum Gasteiger partial charge on any atom is -0.508 e. The molecule has 5 nitrogen and oxygen atoms in total. The van der Waals surface area contributed by atoms with Crippen LogP contribution in [0.1, 0.15) is 25.5 Å². The van der Waals surface area contributed by atoms with Crippen LogP contribution >= 0.6 is 0 Å². The van der Waals surface area contributed by atoms with Crippen LogP contribution in [0.3, 0.4) is 0 Å². The van der Waals surface area contributed by atoms with Gasteiger partial charge in [-0.3, -0.25) is 9.79 Å². The number of fused-ring (bicyclic) bond motifs is 1. The molecule has 0 aliphatic carbocycles. The van der Waals surface area contributed by atoms with Gasteiger partial charge in [0.25, 0.3) is 0 Å². The number of rotatable bonds is 3. The Kier molecular flexibility index (Phi) is 4.51. The first-order valence-electron chi connectivity index (χ1n) is 7.96. The lowest BCUT2D eigenvalue weighted by molar-refractivity contribution is -0.146. The number of phenolic OH excluding ortho intramolecular Hbond substituents is 1. The number of para-hydroxylation sites is 2. The number of nitrogens with one attached hydrogen (secondary N) is 1. The number of benzene rings is 2. The molecule has 0 saturated carbocycles. The molecule has 1 heterocycles. The minimum atomic E-state index is -0.540. The zero-order valence-electron chi connectivity index (χ0n) is 13.7. The number of anilines is 1. The Morgan fingerprint density at radius 2 is 1.92 bits per heavy atom. The standard InChI is InChI=1S/C19H20N2O3/c1-3-24-19(23)17-12(2)20-15-6-4-5-7-16(15)21-18(17)13-8-10-14(22)11-9-13/h4-11,17-18,21-22H,3H2,1-2H3. The van der Waals surface area contributed by atoms with Gasteiger partial charge in [-0.1, -0.05) is 24.3 Å². The first kappa shape index (κ1) is 16.1. The zero-order chi connectivity index (χ0) is 17.1. The molecule has 5 heteroatoms. The van der Waals surface area contributed by atoms with Gasteiger partial charge in [0.15, 0.2) is 0 Å². The Balaban J connectivity index is 2.09. The lowest BCUT2D eigenvalue weighted by Crippen LogP contribution is -2.33. The highest BCUT2D eigenvalue weighted by atomic mass is 16.5. The van der Waals surface area contributed by atoms with Crippen LogP contribution < -0.4 is 5.32 Å². The molecule has 0 amide bonds. The number of phenols is 1. The highest BCUT2D eigenvalue weighted by molar-refractivity contribution is 6.04. The normalized spacial score (nSPS) is 19.5. The van der Waals surface area contributed by atoms with Crippen molar-refractivity contribution in [2.75, 3.05) is 11.9 Å². The Labute approximate surface area is 141 Å². The minimum absolute atomic E-state index is 0.186. The van der Waals surface area contributed by atoms with Gasteiger partial charge >= 0.3 is 5.97 Å². The van der Waals surface area contributed by atoms with Gasteiger partial charge in [0.2, 0.25) is 0 Å². The third kappa shape index (κ3) is 3.11. The third-order valence-electron chi connectivity index (χ3n) is 4.09. The maximum Gasteiger partial charge on any atom is 0.317 e. The van der Waals surface area contributed by atoms with Crippen LogP contribution in [0.25, 0.3) is 0 Å². The first-order valence-corrected chi connectivity index (χ1v) is 7.96. The molecule has 0 fully saturated rings. The summed E-state index contributed by atoms with van der Waals surface area (Å²) in [6, 6.07) is 14.2. The predicted molar refractivity (Wildman–Crippen MR) is 93.8 cm³/mol. The molecule has 2 atom stereocenters. The molecule has 2 N–H and O–H groups in total. The maximum absolute atomic E-state index is 12.6. The molecule has 0 saturated heterocycles. The van der Waals surface area contributed by atoms with Crippen molar-refractivity contribution in [3.8, 4) is 5.75 Å². The van der Waals surface area contributed by atoms with E-state index < -0.39 is 5.92 Å². The predicted octanol–water partition coefficient (Wildman–Crippen LogP) is 3.83. The molecule has 0 radical (unpaired) electrons. The number of carbonyl (C=O) groups excluding carboxylic acids is 1. The van der Waals surface area contributed by atoms with Crippen molar-refractivity contribution in [1.82, 2.24) is 0 Å². The number of carbonyl (C=O) groups is 1. The van der Waals surface area contributed by atoms with Crippen molar-refractivity contribution >= 4 is 23.1 Å². The Hall–Kier alpha value is -2.82. The summed E-state index contributed by atoms with van der Waals surface area (Å²) in [5.41, 5.74) is 3.24. The highest BCUT2D eigenvalue weighted by Crippen LogP contribution is 2.37. The van der Waals surface area contributed by atoms with Crippen LogP contribution in [0.2, 0.25) is 0 Å². The van der Waals surface area contributed by atoms with Crippen molar-refractivity contribution in [3.63, 3.8) is 0 Å². The molecule has 0 spiro atoms. The van der Waals surface area contributed by atoms with E-state index in [2.05, 4.69) is 10.3 Å². The van der Waals surface area contributed by atoms with E-state index in [0.29, 0.717) is 12.3 Å². The Morgan fingerprint density at radius 1 is 1.21 bits per heavy atom. The quantitative estimate of drug-likeness (QED) is 0.842. The summed E-state index contributed by atoms with van der Waals surface area (Å²) in [6.45, 7) is 3.95. The number of nitrogens with zero attached hydrogens (tertiary/aromatic N) is 1. The fraction of sp³-hybridized carbons (Fsp3) is 0.263. The Morgan fingerprint density at radius 3 is 2.62 bits per heavy atom. The molecule has 2 unspecified atom stereocenters. The maximum atomic E-state index is 12.6. The van der Waals surface area contributed by atoms with Crippen LogP contribution in [0.5, 0.6) is 5.75 Å². The molecule has 24 heavy (non-hydrogen) atoms. The molecule has 1 aliphatic rings. The summed E-state index contributed by atoms with van der Waals surface area (Å²) in [5, 5.41) is 13.0. The molecule has 0 bridgehead atoms. The second kappa shape index (κ2) is 6.74. The largest absolute Gasteiger partial charge is 0.508 e. The lowest BCUT2D eigenvalue weighted by Gasteiger charge is -2.26. The molecule has 2 aromatic rings. The van der Waals surface area contributed by atoms with E-state index in [0.717, 1.165) is 16.9 Å². The number of ether oxygens (including phenoxy) is 1.